The first kappa shape index (κ1) is 19.9. The maximum atomic E-state index is 12.3. The Bertz CT molecular complexity index is 742. The van der Waals surface area contributed by atoms with Crippen LogP contribution in [0.3, 0.4) is 0 Å². The number of nitrogens with one attached hydrogen (secondary N) is 1. The number of carbonyl (C=O) groups is 3. The van der Waals surface area contributed by atoms with Gasteiger partial charge in [0, 0.05) is 0 Å². The zero-order valence-corrected chi connectivity index (χ0v) is 15.3. The number of ether oxygens (including phenoxy) is 1. The molecule has 0 saturated carbocycles. The number of β-lactam (4-membered cyclic amide) rings is 1. The number of amides is 2. The van der Waals surface area contributed by atoms with Gasteiger partial charge in [-0.3, -0.25) is 9.59 Å². The van der Waals surface area contributed by atoms with Crippen molar-refractivity contribution in [3.63, 3.8) is 0 Å². The van der Waals surface area contributed by atoms with E-state index in [9.17, 15) is 23.7 Å². The van der Waals surface area contributed by atoms with Crippen molar-refractivity contribution in [1.29, 1.82) is 0 Å². The fourth-order valence-electron chi connectivity index (χ4n) is 2.54. The third kappa shape index (κ3) is 4.23. The largest absolute Gasteiger partial charge is 0.484 e. The van der Waals surface area contributed by atoms with Crippen molar-refractivity contribution >= 4 is 38.5 Å². The van der Waals surface area contributed by atoms with Crippen LogP contribution in [0, 0.1) is 0 Å². The molecule has 2 unspecified atom stereocenters. The minimum absolute atomic E-state index is 0.176. The van der Waals surface area contributed by atoms with Crippen LogP contribution in [0.4, 0.5) is 0 Å². The van der Waals surface area contributed by atoms with Gasteiger partial charge >= 0.3 is 5.97 Å². The first-order valence-electron chi connectivity index (χ1n) is 7.48. The maximum absolute atomic E-state index is 12.3. The Balaban J connectivity index is 2.04. The van der Waals surface area contributed by atoms with Crippen molar-refractivity contribution in [3.05, 3.63) is 42.5 Å². The van der Waals surface area contributed by atoms with Gasteiger partial charge in [-0.05, 0) is 35.3 Å². The first-order valence-corrected chi connectivity index (χ1v) is 9.52. The second kappa shape index (κ2) is 8.33. The van der Waals surface area contributed by atoms with Crippen molar-refractivity contribution in [1.82, 2.24) is 10.2 Å². The van der Waals surface area contributed by atoms with Gasteiger partial charge in [-0.2, -0.15) is 0 Å². The van der Waals surface area contributed by atoms with Crippen molar-refractivity contribution in [3.8, 4) is 5.75 Å². The second-order valence-corrected chi connectivity index (χ2v) is 7.51. The molecule has 2 N–H and O–H groups in total. The van der Waals surface area contributed by atoms with Crippen LogP contribution >= 0.6 is 10.7 Å². The minimum atomic E-state index is -2.10. The fraction of sp³-hybridized carbons (Fsp3) is 0.312. The van der Waals surface area contributed by atoms with Gasteiger partial charge < -0.3 is 20.1 Å². The van der Waals surface area contributed by atoms with Crippen LogP contribution in [-0.2, 0) is 24.4 Å². The van der Waals surface area contributed by atoms with E-state index in [-0.39, 0.29) is 12.2 Å². The molecule has 1 saturated heterocycles. The summed E-state index contributed by atoms with van der Waals surface area (Å²) in [5.74, 6) is -2.18. The number of halogens is 1. The Morgan fingerprint density at radius 3 is 2.54 bits per heavy atom. The van der Waals surface area contributed by atoms with Crippen LogP contribution in [0.5, 0.6) is 5.75 Å². The molecule has 0 bridgehead atoms. The third-order valence-electron chi connectivity index (χ3n) is 3.68. The molecule has 1 aromatic carbocycles. The highest BCUT2D eigenvalue weighted by molar-refractivity contribution is 8.08. The average molecular weight is 401 g/mol. The molecule has 0 radical (unpaired) electrons. The minimum Gasteiger partial charge on any atom is -0.484 e. The molecule has 26 heavy (non-hydrogen) atoms. The highest BCUT2D eigenvalue weighted by Gasteiger charge is 2.56. The number of carboxylic acids is 1. The number of para-hydroxylation sites is 1. The molecule has 2 amide bonds. The van der Waals surface area contributed by atoms with Gasteiger partial charge in [-0.25, -0.2) is 9.00 Å². The zero-order chi connectivity index (χ0) is 19.4. The van der Waals surface area contributed by atoms with Crippen molar-refractivity contribution in [2.24, 2.45) is 0 Å². The summed E-state index contributed by atoms with van der Waals surface area (Å²) in [4.78, 5) is 36.5. The molecule has 10 heteroatoms. The zero-order valence-electron chi connectivity index (χ0n) is 13.8. The summed E-state index contributed by atoms with van der Waals surface area (Å²) in [6, 6.07) is 6.00. The highest BCUT2D eigenvalue weighted by atomic mass is 35.7. The Morgan fingerprint density at radius 1 is 1.42 bits per heavy atom. The number of rotatable bonds is 8. The van der Waals surface area contributed by atoms with E-state index in [1.165, 1.54) is 6.92 Å². The topological polar surface area (TPSA) is 113 Å². The fourth-order valence-corrected chi connectivity index (χ4v) is 3.91. The summed E-state index contributed by atoms with van der Waals surface area (Å²) in [7, 11) is 3.52. The third-order valence-corrected chi connectivity index (χ3v) is 5.10. The lowest BCUT2D eigenvalue weighted by Gasteiger charge is -2.47. The summed E-state index contributed by atoms with van der Waals surface area (Å²) in [5, 5.41) is 10.5. The SMILES string of the molecule is C=C(C)[C@H](C(=O)O)N1C(=O)[C@@H](NC(=O)COc2ccccc2)C1S(=O)Cl. The predicted octanol–water partition coefficient (Wildman–Crippen LogP) is 0.650. The molecule has 1 fully saturated rings. The van der Waals surface area contributed by atoms with Gasteiger partial charge in [0.2, 0.25) is 5.91 Å². The second-order valence-electron chi connectivity index (χ2n) is 5.62. The number of hydrogen-bond acceptors (Lipinski definition) is 5. The summed E-state index contributed by atoms with van der Waals surface area (Å²) >= 11 is 0. The molecule has 0 aliphatic carbocycles. The van der Waals surface area contributed by atoms with Crippen LogP contribution in [-0.4, -0.2) is 56.1 Å². The van der Waals surface area contributed by atoms with Crippen LogP contribution in [0.25, 0.3) is 0 Å². The molecule has 8 nitrogen and oxygen atoms in total. The number of benzene rings is 1. The van der Waals surface area contributed by atoms with E-state index in [1.54, 1.807) is 30.3 Å². The van der Waals surface area contributed by atoms with Gasteiger partial charge in [0.05, 0.1) is 0 Å². The number of likely N-dealkylation sites (tertiary alicyclic amines) is 1. The smallest absolute Gasteiger partial charge is 0.330 e. The van der Waals surface area contributed by atoms with E-state index < -0.39 is 45.3 Å². The van der Waals surface area contributed by atoms with Crippen molar-refractivity contribution < 1.29 is 28.4 Å². The molecular weight excluding hydrogens is 384 g/mol. The quantitative estimate of drug-likeness (QED) is 0.376. The number of aliphatic carboxylic acids is 1. The van der Waals surface area contributed by atoms with Crippen LogP contribution < -0.4 is 10.1 Å². The lowest BCUT2D eigenvalue weighted by atomic mass is 9.99. The Morgan fingerprint density at radius 2 is 2.04 bits per heavy atom. The molecule has 1 aliphatic rings. The molecule has 0 aromatic heterocycles. The van der Waals surface area contributed by atoms with E-state index in [1.807, 2.05) is 0 Å². The van der Waals surface area contributed by atoms with Gasteiger partial charge in [-0.15, -0.1) is 0 Å². The molecule has 1 aliphatic heterocycles. The predicted molar refractivity (Wildman–Crippen MR) is 94.7 cm³/mol. The van der Waals surface area contributed by atoms with E-state index >= 15 is 0 Å². The number of carbonyl (C=O) groups excluding carboxylic acids is 2. The van der Waals surface area contributed by atoms with Gasteiger partial charge in [0.25, 0.3) is 5.91 Å². The Kier molecular flexibility index (Phi) is 6.38. The molecule has 140 valence electrons. The lowest BCUT2D eigenvalue weighted by Crippen LogP contribution is -2.75. The van der Waals surface area contributed by atoms with Gasteiger partial charge in [0.1, 0.15) is 21.8 Å². The van der Waals surface area contributed by atoms with Crippen molar-refractivity contribution in [2.45, 2.75) is 24.4 Å². The number of hydrogen-bond donors (Lipinski definition) is 2. The summed E-state index contributed by atoms with van der Waals surface area (Å²) in [6.45, 7) is 4.60. The standard InChI is InChI=1S/C16H17ClN2O6S/c1-9(2)13(16(22)23)19-14(21)12(15(19)26(17)24)18-11(20)8-25-10-6-4-3-5-7-10/h3-7,12-13,15H,1,8H2,2H3,(H,18,20)(H,22,23)/t12-,13-,15?,26?/m1/s1. The van der Waals surface area contributed by atoms with Crippen LogP contribution in [0.2, 0.25) is 0 Å². The van der Waals surface area contributed by atoms with E-state index in [4.69, 9.17) is 15.4 Å². The molecule has 1 heterocycles. The summed E-state index contributed by atoms with van der Waals surface area (Å²) in [5.41, 5.74) is 0.176. The normalized spacial score (nSPS) is 21.3. The Hall–Kier alpha value is -2.39. The van der Waals surface area contributed by atoms with E-state index in [0.717, 1.165) is 4.90 Å². The molecule has 1 aromatic rings. The number of nitrogens with zero attached hydrogens (tertiary/aromatic N) is 1. The number of carboxylic acid groups (broad SMARTS) is 1. The molecule has 4 atom stereocenters. The first-order chi connectivity index (χ1) is 12.2. The van der Waals surface area contributed by atoms with E-state index in [2.05, 4.69) is 11.9 Å². The summed E-state index contributed by atoms with van der Waals surface area (Å²) < 4.78 is 17.0. The molecular formula is C16H17ClN2O6S. The molecule has 0 spiro atoms. The van der Waals surface area contributed by atoms with Crippen LogP contribution in [0.15, 0.2) is 42.5 Å². The van der Waals surface area contributed by atoms with Gasteiger partial charge in [0.15, 0.2) is 18.0 Å². The summed E-state index contributed by atoms with van der Waals surface area (Å²) in [6.07, 6.45) is 0. The van der Waals surface area contributed by atoms with Crippen LogP contribution in [0.1, 0.15) is 6.92 Å². The molecule has 2 rings (SSSR count). The van der Waals surface area contributed by atoms with Gasteiger partial charge in [-0.1, -0.05) is 24.8 Å². The maximum Gasteiger partial charge on any atom is 0.330 e. The lowest BCUT2D eigenvalue weighted by molar-refractivity contribution is -0.160. The van der Waals surface area contributed by atoms with E-state index in [0.29, 0.717) is 5.75 Å². The van der Waals surface area contributed by atoms with Crippen molar-refractivity contribution in [2.75, 3.05) is 6.61 Å². The average Bonchev–Trinajstić information content (AvgIpc) is 2.58. The monoisotopic (exact) mass is 400 g/mol. The Labute approximate surface area is 156 Å². The highest BCUT2D eigenvalue weighted by Crippen LogP contribution is 2.30.